The number of carbonyl (C=O) groups is 1. The van der Waals surface area contributed by atoms with E-state index in [2.05, 4.69) is 4.98 Å². The molecule has 1 rings (SSSR count). The third-order valence-electron chi connectivity index (χ3n) is 1.21. The first-order valence-electron chi connectivity index (χ1n) is 2.78. The highest BCUT2D eigenvalue weighted by Crippen LogP contribution is 2.09. The van der Waals surface area contributed by atoms with Crippen molar-refractivity contribution in [2.45, 2.75) is 0 Å². The summed E-state index contributed by atoms with van der Waals surface area (Å²) >= 11 is 5.19. The zero-order chi connectivity index (χ0) is 7.56. The topological polar surface area (TPSA) is 36.1 Å². The van der Waals surface area contributed by atoms with Gasteiger partial charge in [0.25, 0.3) is 0 Å². The minimum absolute atomic E-state index is 0.498. The Morgan fingerprint density at radius 1 is 1.80 bits per heavy atom. The number of halogens is 1. The maximum atomic E-state index is 10.5. The van der Waals surface area contributed by atoms with Gasteiger partial charge in [-0.05, 0) is 23.7 Å². The molecule has 0 saturated carbocycles. The van der Waals surface area contributed by atoms with Crippen LogP contribution in [0.4, 0.5) is 10.6 Å². The number of aromatic amines is 1. The molecule has 0 aliphatic carbocycles. The maximum absolute atomic E-state index is 10.5. The molecule has 0 radical (unpaired) electrons. The second-order valence-electron chi connectivity index (χ2n) is 1.87. The Bertz CT molecular complexity index is 220. The van der Waals surface area contributed by atoms with Crippen LogP contribution in [0.25, 0.3) is 0 Å². The van der Waals surface area contributed by atoms with E-state index in [1.807, 2.05) is 0 Å². The van der Waals surface area contributed by atoms with Gasteiger partial charge in [0, 0.05) is 13.2 Å². The molecule has 0 unspecified atom stereocenters. The lowest BCUT2D eigenvalue weighted by atomic mass is 10.6. The summed E-state index contributed by atoms with van der Waals surface area (Å²) in [5, 5.41) is -0.498. The Kier molecular flexibility index (Phi) is 1.97. The van der Waals surface area contributed by atoms with Crippen molar-refractivity contribution in [3.05, 3.63) is 18.3 Å². The molecular weight excluding hydrogens is 152 g/mol. The average molecular weight is 159 g/mol. The van der Waals surface area contributed by atoms with E-state index in [-0.39, 0.29) is 0 Å². The molecule has 1 aromatic rings. The number of rotatable bonds is 1. The predicted octanol–water partition coefficient (Wildman–Crippen LogP) is 1.81. The van der Waals surface area contributed by atoms with Gasteiger partial charge < -0.3 is 4.98 Å². The standard InChI is InChI=1S/C6H7ClN2O/c1-9(6(7)10)5-3-2-4-8-5/h2-4,8H,1H3. The normalized spacial score (nSPS) is 9.40. The van der Waals surface area contributed by atoms with Crippen LogP contribution >= 0.6 is 11.6 Å². The summed E-state index contributed by atoms with van der Waals surface area (Å²) in [4.78, 5) is 14.7. The molecule has 0 fully saturated rings. The quantitative estimate of drug-likeness (QED) is 0.491. The number of anilines is 1. The van der Waals surface area contributed by atoms with E-state index in [0.29, 0.717) is 5.82 Å². The highest BCUT2D eigenvalue weighted by Gasteiger charge is 2.05. The molecule has 1 heterocycles. The van der Waals surface area contributed by atoms with Gasteiger partial charge in [-0.25, -0.2) is 0 Å². The molecule has 1 aromatic heterocycles. The van der Waals surface area contributed by atoms with Gasteiger partial charge >= 0.3 is 5.37 Å². The Morgan fingerprint density at radius 2 is 2.50 bits per heavy atom. The molecule has 0 spiro atoms. The van der Waals surface area contributed by atoms with Crippen LogP contribution < -0.4 is 4.90 Å². The number of carbonyl (C=O) groups excluding carboxylic acids is 1. The lowest BCUT2D eigenvalue weighted by molar-refractivity contribution is 0.265. The van der Waals surface area contributed by atoms with Crippen molar-refractivity contribution in [1.29, 1.82) is 0 Å². The number of hydrogen-bond donors (Lipinski definition) is 1. The summed E-state index contributed by atoms with van der Waals surface area (Å²) < 4.78 is 0. The Labute approximate surface area is 63.6 Å². The van der Waals surface area contributed by atoms with Gasteiger partial charge in [0.2, 0.25) is 0 Å². The zero-order valence-electron chi connectivity index (χ0n) is 5.47. The zero-order valence-corrected chi connectivity index (χ0v) is 6.22. The van der Waals surface area contributed by atoms with Gasteiger partial charge in [0.05, 0.1) is 0 Å². The first-order valence-corrected chi connectivity index (χ1v) is 3.16. The summed E-state index contributed by atoms with van der Waals surface area (Å²) in [5.74, 6) is 0.694. The molecular formula is C6H7ClN2O. The van der Waals surface area contributed by atoms with Crippen molar-refractivity contribution in [2.75, 3.05) is 11.9 Å². The fraction of sp³-hybridized carbons (Fsp3) is 0.167. The third-order valence-corrected chi connectivity index (χ3v) is 1.46. The summed E-state index contributed by atoms with van der Waals surface area (Å²) in [6.07, 6.45) is 1.73. The van der Waals surface area contributed by atoms with Crippen molar-refractivity contribution in [3.63, 3.8) is 0 Å². The summed E-state index contributed by atoms with van der Waals surface area (Å²) in [5.41, 5.74) is 0. The molecule has 0 saturated heterocycles. The second-order valence-corrected chi connectivity index (χ2v) is 2.19. The number of nitrogens with one attached hydrogen (secondary N) is 1. The van der Waals surface area contributed by atoms with Gasteiger partial charge in [-0.3, -0.25) is 9.69 Å². The summed E-state index contributed by atoms with van der Waals surface area (Å²) in [7, 11) is 1.60. The van der Waals surface area contributed by atoms with Gasteiger partial charge in [-0.15, -0.1) is 0 Å². The molecule has 54 valence electrons. The molecule has 4 heteroatoms. The van der Waals surface area contributed by atoms with Crippen molar-refractivity contribution in [2.24, 2.45) is 0 Å². The molecule has 1 N–H and O–H groups in total. The van der Waals surface area contributed by atoms with Crippen LogP contribution in [-0.2, 0) is 0 Å². The van der Waals surface area contributed by atoms with E-state index >= 15 is 0 Å². The summed E-state index contributed by atoms with van der Waals surface area (Å²) in [6, 6.07) is 3.56. The van der Waals surface area contributed by atoms with Crippen LogP contribution in [0, 0.1) is 0 Å². The Morgan fingerprint density at radius 3 is 2.90 bits per heavy atom. The van der Waals surface area contributed by atoms with E-state index in [1.165, 1.54) is 4.90 Å². The van der Waals surface area contributed by atoms with E-state index in [1.54, 1.807) is 25.4 Å². The second kappa shape index (κ2) is 2.75. The monoisotopic (exact) mass is 158 g/mol. The Hall–Kier alpha value is -0.960. The average Bonchev–Trinajstić information content (AvgIpc) is 2.36. The van der Waals surface area contributed by atoms with Crippen molar-refractivity contribution < 1.29 is 4.79 Å². The SMILES string of the molecule is CN(C(=O)Cl)c1ccc[nH]1. The highest BCUT2D eigenvalue weighted by molar-refractivity contribution is 6.66. The lowest BCUT2D eigenvalue weighted by Crippen LogP contribution is -2.19. The Balaban J connectivity index is 2.77. The summed E-state index contributed by atoms with van der Waals surface area (Å²) in [6.45, 7) is 0. The number of hydrogen-bond acceptors (Lipinski definition) is 1. The molecule has 10 heavy (non-hydrogen) atoms. The molecule has 0 atom stereocenters. The highest BCUT2D eigenvalue weighted by atomic mass is 35.5. The third kappa shape index (κ3) is 1.30. The first kappa shape index (κ1) is 7.15. The smallest absolute Gasteiger partial charge is 0.321 e. The van der Waals surface area contributed by atoms with Crippen molar-refractivity contribution >= 4 is 22.8 Å². The van der Waals surface area contributed by atoms with Crippen molar-refractivity contribution in [1.82, 2.24) is 4.98 Å². The van der Waals surface area contributed by atoms with Gasteiger partial charge in [0.15, 0.2) is 0 Å². The first-order chi connectivity index (χ1) is 4.72. The molecule has 1 amide bonds. The fourth-order valence-corrected chi connectivity index (χ4v) is 0.715. The van der Waals surface area contributed by atoms with E-state index < -0.39 is 5.37 Å². The molecule has 0 aliphatic heterocycles. The minimum atomic E-state index is -0.498. The minimum Gasteiger partial charge on any atom is -0.348 e. The van der Waals surface area contributed by atoms with Crippen LogP contribution in [0.5, 0.6) is 0 Å². The van der Waals surface area contributed by atoms with E-state index in [0.717, 1.165) is 0 Å². The van der Waals surface area contributed by atoms with Crippen LogP contribution in [0.15, 0.2) is 18.3 Å². The van der Waals surface area contributed by atoms with E-state index in [9.17, 15) is 4.79 Å². The molecule has 3 nitrogen and oxygen atoms in total. The number of amides is 1. The van der Waals surface area contributed by atoms with Crippen molar-refractivity contribution in [3.8, 4) is 0 Å². The predicted molar refractivity (Wildman–Crippen MR) is 40.4 cm³/mol. The van der Waals surface area contributed by atoms with Gasteiger partial charge in [-0.1, -0.05) is 0 Å². The molecule has 0 bridgehead atoms. The number of nitrogens with zero attached hydrogens (tertiary/aromatic N) is 1. The molecule has 0 aliphatic rings. The maximum Gasteiger partial charge on any atom is 0.321 e. The van der Waals surface area contributed by atoms with E-state index in [4.69, 9.17) is 11.6 Å². The largest absolute Gasteiger partial charge is 0.348 e. The van der Waals surface area contributed by atoms with Crippen LogP contribution in [0.2, 0.25) is 0 Å². The van der Waals surface area contributed by atoms with Gasteiger partial charge in [0.1, 0.15) is 5.82 Å². The fourth-order valence-electron chi connectivity index (χ4n) is 0.624. The van der Waals surface area contributed by atoms with Crippen LogP contribution in [0.3, 0.4) is 0 Å². The lowest BCUT2D eigenvalue weighted by Gasteiger charge is -2.09. The molecule has 0 aromatic carbocycles. The van der Waals surface area contributed by atoms with Crippen LogP contribution in [-0.4, -0.2) is 17.4 Å². The van der Waals surface area contributed by atoms with Crippen LogP contribution in [0.1, 0.15) is 0 Å². The number of H-pyrrole nitrogens is 1. The number of aromatic nitrogens is 1. The van der Waals surface area contributed by atoms with Gasteiger partial charge in [-0.2, -0.15) is 0 Å².